The Kier molecular flexibility index (Phi) is 3.22. The van der Waals surface area contributed by atoms with E-state index in [0.717, 1.165) is 18.0 Å². The molecule has 0 amide bonds. The molecular weight excluding hydrogens is 214 g/mol. The minimum Gasteiger partial charge on any atom is -0.495 e. The molecule has 0 aliphatic carbocycles. The number of benzene rings is 1. The summed E-state index contributed by atoms with van der Waals surface area (Å²) in [6, 6.07) is 8.21. The Morgan fingerprint density at radius 2 is 2.12 bits per heavy atom. The topological polar surface area (TPSA) is 50.9 Å². The fourth-order valence-electron chi connectivity index (χ4n) is 2.15. The first-order valence-electron chi connectivity index (χ1n) is 5.87. The number of rotatable bonds is 3. The summed E-state index contributed by atoms with van der Waals surface area (Å²) in [6.45, 7) is 5.12. The fourth-order valence-corrected chi connectivity index (χ4v) is 2.15. The molecule has 1 aromatic rings. The Balaban J connectivity index is 2.39. The number of aliphatic imine (C=N–C) groups is 1. The molecule has 2 rings (SSSR count). The Hall–Kier alpha value is -1.71. The summed E-state index contributed by atoms with van der Waals surface area (Å²) in [7, 11) is 1.67. The molecule has 1 aliphatic rings. The Bertz CT molecular complexity index is 428. The molecule has 2 N–H and O–H groups in total. The van der Waals surface area contributed by atoms with E-state index in [1.807, 2.05) is 24.3 Å². The predicted octanol–water partition coefficient (Wildman–Crippen LogP) is 1.85. The van der Waals surface area contributed by atoms with E-state index in [1.54, 1.807) is 7.11 Å². The van der Waals surface area contributed by atoms with Gasteiger partial charge in [0.15, 0.2) is 5.96 Å². The van der Waals surface area contributed by atoms with Crippen molar-refractivity contribution in [2.24, 2.45) is 16.6 Å². The third-order valence-corrected chi connectivity index (χ3v) is 3.13. The van der Waals surface area contributed by atoms with Crippen LogP contribution < -0.4 is 15.4 Å². The lowest BCUT2D eigenvalue weighted by Crippen LogP contribution is -2.43. The number of anilines is 1. The van der Waals surface area contributed by atoms with Crippen molar-refractivity contribution in [3.05, 3.63) is 24.3 Å². The van der Waals surface area contributed by atoms with E-state index in [0.29, 0.717) is 17.9 Å². The molecule has 4 heteroatoms. The van der Waals surface area contributed by atoms with Gasteiger partial charge in [-0.25, -0.2) is 0 Å². The standard InChI is InChI=1S/C13H19N3O/c1-9(2)11-8-15-13(14)16(11)10-6-4-5-7-12(10)17-3/h4-7,9,11H,8H2,1-3H3,(H2,14,15). The van der Waals surface area contributed by atoms with Crippen LogP contribution >= 0.6 is 0 Å². The van der Waals surface area contributed by atoms with Crippen LogP contribution in [0.15, 0.2) is 29.3 Å². The number of hydrogen-bond acceptors (Lipinski definition) is 4. The second kappa shape index (κ2) is 4.65. The zero-order chi connectivity index (χ0) is 12.4. The van der Waals surface area contributed by atoms with Gasteiger partial charge in [0.2, 0.25) is 0 Å². The fraction of sp³-hybridized carbons (Fsp3) is 0.462. The van der Waals surface area contributed by atoms with Gasteiger partial charge in [-0.2, -0.15) is 0 Å². The molecule has 0 saturated carbocycles. The molecule has 1 heterocycles. The van der Waals surface area contributed by atoms with Crippen molar-refractivity contribution >= 4 is 11.6 Å². The molecule has 0 radical (unpaired) electrons. The van der Waals surface area contributed by atoms with Crippen molar-refractivity contribution in [3.8, 4) is 5.75 Å². The summed E-state index contributed by atoms with van der Waals surface area (Å²) in [5.41, 5.74) is 6.98. The molecule has 0 aromatic heterocycles. The molecule has 0 bridgehead atoms. The largest absolute Gasteiger partial charge is 0.495 e. The molecule has 1 atom stereocenters. The van der Waals surface area contributed by atoms with Crippen LogP contribution in [0.5, 0.6) is 5.75 Å². The summed E-state index contributed by atoms with van der Waals surface area (Å²) in [6.07, 6.45) is 0. The molecule has 1 unspecified atom stereocenters. The van der Waals surface area contributed by atoms with Gasteiger partial charge in [0.05, 0.1) is 25.4 Å². The molecule has 17 heavy (non-hydrogen) atoms. The van der Waals surface area contributed by atoms with E-state index < -0.39 is 0 Å². The minimum atomic E-state index is 0.311. The maximum Gasteiger partial charge on any atom is 0.196 e. The van der Waals surface area contributed by atoms with Crippen molar-refractivity contribution in [3.63, 3.8) is 0 Å². The van der Waals surface area contributed by atoms with Gasteiger partial charge >= 0.3 is 0 Å². The van der Waals surface area contributed by atoms with E-state index in [9.17, 15) is 0 Å². The highest BCUT2D eigenvalue weighted by atomic mass is 16.5. The summed E-state index contributed by atoms with van der Waals surface area (Å²) in [5, 5.41) is 0. The van der Waals surface area contributed by atoms with E-state index in [4.69, 9.17) is 10.5 Å². The Morgan fingerprint density at radius 1 is 1.41 bits per heavy atom. The van der Waals surface area contributed by atoms with Crippen LogP contribution in [-0.2, 0) is 0 Å². The zero-order valence-corrected chi connectivity index (χ0v) is 10.6. The van der Waals surface area contributed by atoms with Crippen molar-refractivity contribution < 1.29 is 4.74 Å². The number of methoxy groups -OCH3 is 1. The summed E-state index contributed by atoms with van der Waals surface area (Å²) in [5.74, 6) is 1.90. The maximum atomic E-state index is 5.98. The Morgan fingerprint density at radius 3 is 2.76 bits per heavy atom. The SMILES string of the molecule is COc1ccccc1N1C(N)=NCC1C(C)C. The first-order valence-corrected chi connectivity index (χ1v) is 5.87. The zero-order valence-electron chi connectivity index (χ0n) is 10.6. The van der Waals surface area contributed by atoms with Gasteiger partial charge in [-0.1, -0.05) is 26.0 Å². The highest BCUT2D eigenvalue weighted by Crippen LogP contribution is 2.32. The van der Waals surface area contributed by atoms with E-state index in [2.05, 4.69) is 23.7 Å². The molecule has 0 fully saturated rings. The van der Waals surface area contributed by atoms with Gasteiger partial charge in [-0.3, -0.25) is 4.99 Å². The van der Waals surface area contributed by atoms with Crippen molar-refractivity contribution in [2.45, 2.75) is 19.9 Å². The highest BCUT2D eigenvalue weighted by Gasteiger charge is 2.31. The second-order valence-electron chi connectivity index (χ2n) is 4.55. The molecule has 1 aliphatic heterocycles. The monoisotopic (exact) mass is 233 g/mol. The third-order valence-electron chi connectivity index (χ3n) is 3.13. The first-order chi connectivity index (χ1) is 8.15. The minimum absolute atomic E-state index is 0.311. The van der Waals surface area contributed by atoms with E-state index in [-0.39, 0.29) is 0 Å². The smallest absolute Gasteiger partial charge is 0.196 e. The maximum absolute atomic E-state index is 5.98. The third kappa shape index (κ3) is 2.07. The quantitative estimate of drug-likeness (QED) is 0.867. The predicted molar refractivity (Wildman–Crippen MR) is 70.6 cm³/mol. The van der Waals surface area contributed by atoms with Crippen LogP contribution in [0, 0.1) is 5.92 Å². The Labute approximate surface area is 102 Å². The molecule has 92 valence electrons. The number of guanidine groups is 1. The number of nitrogens with zero attached hydrogens (tertiary/aromatic N) is 2. The van der Waals surface area contributed by atoms with Crippen LogP contribution in [0.4, 0.5) is 5.69 Å². The van der Waals surface area contributed by atoms with Crippen molar-refractivity contribution in [2.75, 3.05) is 18.6 Å². The van der Waals surface area contributed by atoms with E-state index >= 15 is 0 Å². The summed E-state index contributed by atoms with van der Waals surface area (Å²) in [4.78, 5) is 6.41. The average Bonchev–Trinajstić information content (AvgIpc) is 2.71. The van der Waals surface area contributed by atoms with Gasteiger partial charge in [0.25, 0.3) is 0 Å². The summed E-state index contributed by atoms with van der Waals surface area (Å²) < 4.78 is 5.38. The van der Waals surface area contributed by atoms with Crippen LogP contribution in [-0.4, -0.2) is 25.7 Å². The van der Waals surface area contributed by atoms with Crippen LogP contribution in [0.1, 0.15) is 13.8 Å². The number of para-hydroxylation sites is 2. The van der Waals surface area contributed by atoms with Crippen LogP contribution in [0.2, 0.25) is 0 Å². The molecule has 0 saturated heterocycles. The van der Waals surface area contributed by atoms with E-state index in [1.165, 1.54) is 0 Å². The normalized spacial score (nSPS) is 19.6. The van der Waals surface area contributed by atoms with Crippen LogP contribution in [0.25, 0.3) is 0 Å². The van der Waals surface area contributed by atoms with Crippen molar-refractivity contribution in [1.29, 1.82) is 0 Å². The van der Waals surface area contributed by atoms with Crippen molar-refractivity contribution in [1.82, 2.24) is 0 Å². The lowest BCUT2D eigenvalue weighted by Gasteiger charge is -2.30. The van der Waals surface area contributed by atoms with Gasteiger partial charge in [0.1, 0.15) is 5.75 Å². The lowest BCUT2D eigenvalue weighted by atomic mass is 10.0. The molecular formula is C13H19N3O. The summed E-state index contributed by atoms with van der Waals surface area (Å²) >= 11 is 0. The van der Waals surface area contributed by atoms with Gasteiger partial charge in [0, 0.05) is 0 Å². The number of hydrogen-bond donors (Lipinski definition) is 1. The van der Waals surface area contributed by atoms with Crippen LogP contribution in [0.3, 0.4) is 0 Å². The molecule has 4 nitrogen and oxygen atoms in total. The number of nitrogens with two attached hydrogens (primary N) is 1. The van der Waals surface area contributed by atoms with Gasteiger partial charge in [-0.05, 0) is 18.1 Å². The molecule has 1 aromatic carbocycles. The average molecular weight is 233 g/mol. The highest BCUT2D eigenvalue weighted by molar-refractivity contribution is 5.98. The number of ether oxygens (including phenoxy) is 1. The lowest BCUT2D eigenvalue weighted by molar-refractivity contribution is 0.412. The second-order valence-corrected chi connectivity index (χ2v) is 4.55. The molecule has 0 spiro atoms. The first kappa shape index (κ1) is 11.8. The van der Waals surface area contributed by atoms with Gasteiger partial charge in [-0.15, -0.1) is 0 Å². The van der Waals surface area contributed by atoms with Gasteiger partial charge < -0.3 is 15.4 Å².